The topological polar surface area (TPSA) is 92.2 Å². The van der Waals surface area contributed by atoms with Crippen LogP contribution in [0.5, 0.6) is 0 Å². The van der Waals surface area contributed by atoms with Crippen molar-refractivity contribution in [2.75, 3.05) is 5.32 Å². The zero-order chi connectivity index (χ0) is 13.8. The molecule has 6 nitrogen and oxygen atoms in total. The minimum Gasteiger partial charge on any atom is -0.478 e. The van der Waals surface area contributed by atoms with Crippen molar-refractivity contribution < 1.29 is 14.7 Å². The van der Waals surface area contributed by atoms with Crippen molar-refractivity contribution in [2.45, 2.75) is 0 Å². The number of benzene rings is 1. The van der Waals surface area contributed by atoms with Crippen LogP contribution in [0.25, 0.3) is 0 Å². The Bertz CT molecular complexity index is 631. The highest BCUT2D eigenvalue weighted by molar-refractivity contribution is 6.31. The molecule has 1 aromatic carbocycles. The van der Waals surface area contributed by atoms with Gasteiger partial charge in [-0.15, -0.1) is 0 Å². The zero-order valence-corrected chi connectivity index (χ0v) is 10.3. The van der Waals surface area contributed by atoms with E-state index < -0.39 is 11.9 Å². The molecule has 19 heavy (non-hydrogen) atoms. The van der Waals surface area contributed by atoms with Gasteiger partial charge >= 0.3 is 5.97 Å². The van der Waals surface area contributed by atoms with Gasteiger partial charge in [-0.05, 0) is 18.2 Å². The minimum atomic E-state index is -1.16. The fourth-order valence-corrected chi connectivity index (χ4v) is 1.59. The molecular weight excluding hydrogens is 270 g/mol. The summed E-state index contributed by atoms with van der Waals surface area (Å²) in [5, 5.41) is 11.8. The van der Waals surface area contributed by atoms with Gasteiger partial charge in [0.05, 0.1) is 16.8 Å². The first-order valence-electron chi connectivity index (χ1n) is 5.17. The number of nitrogens with one attached hydrogen (secondary N) is 1. The molecule has 0 saturated carbocycles. The maximum atomic E-state index is 11.9. The van der Waals surface area contributed by atoms with E-state index in [2.05, 4.69) is 15.3 Å². The summed E-state index contributed by atoms with van der Waals surface area (Å²) >= 11 is 5.78. The second-order valence-corrected chi connectivity index (χ2v) is 4.01. The Balaban J connectivity index is 2.31. The predicted molar refractivity (Wildman–Crippen MR) is 68.4 cm³/mol. The van der Waals surface area contributed by atoms with Gasteiger partial charge in [-0.2, -0.15) is 0 Å². The number of anilines is 1. The summed E-state index contributed by atoms with van der Waals surface area (Å²) < 4.78 is 0. The first kappa shape index (κ1) is 13.0. The summed E-state index contributed by atoms with van der Waals surface area (Å²) in [6.07, 6.45) is 3.94. The number of aromatic carboxylic acids is 1. The average molecular weight is 278 g/mol. The molecule has 0 bridgehead atoms. The molecule has 0 spiro atoms. The van der Waals surface area contributed by atoms with Crippen LogP contribution in [-0.4, -0.2) is 27.0 Å². The lowest BCUT2D eigenvalue weighted by Gasteiger charge is -2.08. The van der Waals surface area contributed by atoms with Gasteiger partial charge in [0.2, 0.25) is 0 Å². The number of carbonyl (C=O) groups excluding carboxylic acids is 1. The third-order valence-corrected chi connectivity index (χ3v) is 2.52. The van der Waals surface area contributed by atoms with Crippen molar-refractivity contribution in [1.29, 1.82) is 0 Å². The molecule has 0 saturated heterocycles. The highest BCUT2D eigenvalue weighted by Gasteiger charge is 2.14. The van der Waals surface area contributed by atoms with E-state index in [0.29, 0.717) is 5.02 Å². The molecule has 1 aromatic heterocycles. The Morgan fingerprint density at radius 1 is 1.21 bits per heavy atom. The van der Waals surface area contributed by atoms with Crippen LogP contribution in [0.3, 0.4) is 0 Å². The van der Waals surface area contributed by atoms with Crippen molar-refractivity contribution in [3.8, 4) is 0 Å². The van der Waals surface area contributed by atoms with Crippen LogP contribution >= 0.6 is 11.6 Å². The molecule has 1 heterocycles. The molecule has 0 atom stereocenters. The molecule has 96 valence electrons. The Hall–Kier alpha value is -2.47. The predicted octanol–water partition coefficient (Wildman–Crippen LogP) is 2.08. The molecule has 0 unspecified atom stereocenters. The summed E-state index contributed by atoms with van der Waals surface area (Å²) in [7, 11) is 0. The van der Waals surface area contributed by atoms with Crippen molar-refractivity contribution in [3.63, 3.8) is 0 Å². The number of carbonyl (C=O) groups is 2. The lowest BCUT2D eigenvalue weighted by atomic mass is 10.1. The summed E-state index contributed by atoms with van der Waals surface area (Å²) in [4.78, 5) is 30.3. The van der Waals surface area contributed by atoms with E-state index >= 15 is 0 Å². The second-order valence-electron chi connectivity index (χ2n) is 3.58. The standard InChI is InChI=1S/C12H8ClN3O3/c13-8-1-2-9(12(18)19)10(3-8)16-11(17)7-4-14-6-15-5-7/h1-6H,(H,16,17)(H,18,19). The largest absolute Gasteiger partial charge is 0.478 e. The first-order chi connectivity index (χ1) is 9.08. The van der Waals surface area contributed by atoms with Crippen LogP contribution in [0.4, 0.5) is 5.69 Å². The quantitative estimate of drug-likeness (QED) is 0.896. The molecule has 7 heteroatoms. The van der Waals surface area contributed by atoms with Crippen molar-refractivity contribution in [1.82, 2.24) is 9.97 Å². The number of carboxylic acids is 1. The molecule has 0 radical (unpaired) electrons. The molecule has 2 N–H and O–H groups in total. The van der Waals surface area contributed by atoms with E-state index in [-0.39, 0.29) is 16.8 Å². The van der Waals surface area contributed by atoms with E-state index in [1.807, 2.05) is 0 Å². The molecule has 0 aliphatic rings. The van der Waals surface area contributed by atoms with Gasteiger partial charge < -0.3 is 10.4 Å². The van der Waals surface area contributed by atoms with Crippen LogP contribution in [-0.2, 0) is 0 Å². The number of rotatable bonds is 3. The van der Waals surface area contributed by atoms with Crippen LogP contribution in [0.1, 0.15) is 20.7 Å². The van der Waals surface area contributed by atoms with Gasteiger partial charge in [0, 0.05) is 17.4 Å². The van der Waals surface area contributed by atoms with Gasteiger partial charge in [-0.3, -0.25) is 4.79 Å². The van der Waals surface area contributed by atoms with Gasteiger partial charge in [0.25, 0.3) is 5.91 Å². The lowest BCUT2D eigenvalue weighted by Crippen LogP contribution is -2.15. The Labute approximate surface area is 113 Å². The molecule has 2 aromatic rings. The highest BCUT2D eigenvalue weighted by Crippen LogP contribution is 2.21. The van der Waals surface area contributed by atoms with Crippen LogP contribution in [0.2, 0.25) is 5.02 Å². The molecular formula is C12H8ClN3O3. The molecule has 2 rings (SSSR count). The average Bonchev–Trinajstić information content (AvgIpc) is 2.39. The van der Waals surface area contributed by atoms with Gasteiger partial charge in [-0.1, -0.05) is 11.6 Å². The summed E-state index contributed by atoms with van der Waals surface area (Å²) in [5.74, 6) is -1.67. The number of halogens is 1. The van der Waals surface area contributed by atoms with Crippen molar-refractivity contribution in [3.05, 3.63) is 53.1 Å². The third kappa shape index (κ3) is 3.05. The number of nitrogens with zero attached hydrogens (tertiary/aromatic N) is 2. The van der Waals surface area contributed by atoms with Gasteiger partial charge in [-0.25, -0.2) is 14.8 Å². The molecule has 0 aliphatic heterocycles. The Morgan fingerprint density at radius 3 is 2.53 bits per heavy atom. The zero-order valence-electron chi connectivity index (χ0n) is 9.50. The lowest BCUT2D eigenvalue weighted by molar-refractivity contribution is 0.0698. The summed E-state index contributed by atoms with van der Waals surface area (Å²) in [6, 6.07) is 4.13. The number of hydrogen-bond donors (Lipinski definition) is 2. The minimum absolute atomic E-state index is 0.0467. The molecule has 0 aliphatic carbocycles. The number of aromatic nitrogens is 2. The smallest absolute Gasteiger partial charge is 0.337 e. The monoisotopic (exact) mass is 277 g/mol. The fourth-order valence-electron chi connectivity index (χ4n) is 1.42. The molecule has 0 fully saturated rings. The number of hydrogen-bond acceptors (Lipinski definition) is 4. The Morgan fingerprint density at radius 2 is 1.89 bits per heavy atom. The second kappa shape index (κ2) is 5.45. The first-order valence-corrected chi connectivity index (χ1v) is 5.55. The number of amides is 1. The third-order valence-electron chi connectivity index (χ3n) is 2.28. The van der Waals surface area contributed by atoms with E-state index in [4.69, 9.17) is 16.7 Å². The van der Waals surface area contributed by atoms with Gasteiger partial charge in [0.15, 0.2) is 0 Å². The van der Waals surface area contributed by atoms with Crippen LogP contribution in [0.15, 0.2) is 36.9 Å². The van der Waals surface area contributed by atoms with E-state index in [1.165, 1.54) is 36.9 Å². The number of carboxylic acid groups (broad SMARTS) is 1. The Kier molecular flexibility index (Phi) is 3.72. The maximum Gasteiger partial charge on any atom is 0.337 e. The highest BCUT2D eigenvalue weighted by atomic mass is 35.5. The molecule has 1 amide bonds. The van der Waals surface area contributed by atoms with E-state index in [0.717, 1.165) is 0 Å². The normalized spacial score (nSPS) is 9.95. The van der Waals surface area contributed by atoms with Crippen molar-refractivity contribution >= 4 is 29.2 Å². The van der Waals surface area contributed by atoms with Crippen molar-refractivity contribution in [2.24, 2.45) is 0 Å². The van der Waals surface area contributed by atoms with E-state index in [9.17, 15) is 9.59 Å². The van der Waals surface area contributed by atoms with Crippen LogP contribution in [0, 0.1) is 0 Å². The summed E-state index contributed by atoms with van der Waals surface area (Å²) in [5.41, 5.74) is 0.294. The SMILES string of the molecule is O=C(Nc1cc(Cl)ccc1C(=O)O)c1cncnc1. The maximum absolute atomic E-state index is 11.9. The van der Waals surface area contributed by atoms with Gasteiger partial charge in [0.1, 0.15) is 6.33 Å². The summed E-state index contributed by atoms with van der Waals surface area (Å²) in [6.45, 7) is 0. The fraction of sp³-hybridized carbons (Fsp3) is 0. The van der Waals surface area contributed by atoms with E-state index in [1.54, 1.807) is 0 Å². The van der Waals surface area contributed by atoms with Crippen LogP contribution < -0.4 is 5.32 Å².